The SMILES string of the molecule is [Cl][Pt].[NH-]CC[N-]CCN. The first-order chi connectivity index (χ1) is 4.41. The zero-order valence-electron chi connectivity index (χ0n) is 5.05. The first kappa shape index (κ1) is 12.5. The predicted octanol–water partition coefficient (Wildman–Crippen LogP) is 1.06. The Kier molecular flexibility index (Phi) is 22.2. The summed E-state index contributed by atoms with van der Waals surface area (Å²) in [6.07, 6.45) is 0. The molecule has 0 radical (unpaired) electrons. The van der Waals surface area contributed by atoms with E-state index in [1.807, 2.05) is 0 Å². The summed E-state index contributed by atoms with van der Waals surface area (Å²) in [7, 11) is 4.61. The molecule has 0 atom stereocenters. The molecule has 0 heterocycles. The molecule has 0 unspecified atom stereocenters. The monoisotopic (exact) mass is 331 g/mol. The van der Waals surface area contributed by atoms with E-state index in [-0.39, 0.29) is 0 Å². The molecular formula is C4H11ClN3Pt-2. The van der Waals surface area contributed by atoms with Gasteiger partial charge < -0.3 is 16.8 Å². The molecule has 0 spiro atoms. The van der Waals surface area contributed by atoms with Gasteiger partial charge in [-0.25, -0.2) is 0 Å². The normalized spacial score (nSPS) is 8.11. The Balaban J connectivity index is 0. The minimum Gasteiger partial charge on any atom is -0.679 e. The molecule has 9 heavy (non-hydrogen) atoms. The van der Waals surface area contributed by atoms with Crippen LogP contribution in [0.4, 0.5) is 0 Å². The summed E-state index contributed by atoms with van der Waals surface area (Å²) in [5, 5.41) is 3.90. The topological polar surface area (TPSA) is 63.9 Å². The van der Waals surface area contributed by atoms with Crippen LogP contribution in [0.5, 0.6) is 0 Å². The molecule has 0 aromatic rings. The van der Waals surface area contributed by atoms with Crippen LogP contribution in [0.15, 0.2) is 0 Å². The average molecular weight is 332 g/mol. The molecule has 0 rings (SSSR count). The van der Waals surface area contributed by atoms with Gasteiger partial charge in [0.25, 0.3) is 0 Å². The van der Waals surface area contributed by atoms with Crippen molar-refractivity contribution in [2.75, 3.05) is 26.2 Å². The maximum Gasteiger partial charge on any atom is -0.0266 e. The van der Waals surface area contributed by atoms with E-state index in [2.05, 4.69) is 14.7 Å². The van der Waals surface area contributed by atoms with Crippen molar-refractivity contribution < 1.29 is 18.8 Å². The van der Waals surface area contributed by atoms with Gasteiger partial charge in [0.1, 0.15) is 0 Å². The largest absolute Gasteiger partial charge is 0.679 e. The quantitative estimate of drug-likeness (QED) is 0.769. The number of nitrogens with two attached hydrogens (primary N) is 1. The molecule has 0 aliphatic carbocycles. The van der Waals surface area contributed by atoms with E-state index in [4.69, 9.17) is 11.5 Å². The maximum atomic E-state index is 6.65. The Morgan fingerprint density at radius 3 is 2.33 bits per heavy atom. The van der Waals surface area contributed by atoms with Gasteiger partial charge in [-0.2, -0.15) is 13.1 Å². The average Bonchev–Trinajstić information content (AvgIpc) is 1.94. The van der Waals surface area contributed by atoms with Crippen LogP contribution < -0.4 is 5.73 Å². The van der Waals surface area contributed by atoms with Crippen molar-refractivity contribution in [1.29, 1.82) is 0 Å². The Hall–Kier alpha value is 0.858. The molecular weight excluding hydrogens is 321 g/mol. The number of halogens is 1. The van der Waals surface area contributed by atoms with E-state index < -0.39 is 0 Å². The van der Waals surface area contributed by atoms with Crippen LogP contribution in [0.2, 0.25) is 0 Å². The van der Waals surface area contributed by atoms with Crippen LogP contribution in [0.25, 0.3) is 11.1 Å². The Labute approximate surface area is 71.3 Å². The van der Waals surface area contributed by atoms with Crippen molar-refractivity contribution in [3.05, 3.63) is 11.1 Å². The number of rotatable bonds is 4. The Morgan fingerprint density at radius 1 is 1.44 bits per heavy atom. The van der Waals surface area contributed by atoms with Crippen molar-refractivity contribution in [3.8, 4) is 0 Å². The van der Waals surface area contributed by atoms with Crippen LogP contribution >= 0.6 is 9.42 Å². The third-order valence-electron chi connectivity index (χ3n) is 0.557. The summed E-state index contributed by atoms with van der Waals surface area (Å²) in [6, 6.07) is 0. The maximum absolute atomic E-state index is 6.65. The minimum atomic E-state index is 0.389. The van der Waals surface area contributed by atoms with Crippen LogP contribution in [0, 0.1) is 0 Å². The molecule has 0 aliphatic rings. The zero-order valence-corrected chi connectivity index (χ0v) is 8.08. The van der Waals surface area contributed by atoms with Crippen LogP contribution in [-0.2, 0) is 18.8 Å². The number of nitrogens with one attached hydrogen (secondary N) is 1. The van der Waals surface area contributed by atoms with E-state index in [1.54, 1.807) is 18.8 Å². The smallest absolute Gasteiger partial charge is 0.0266 e. The van der Waals surface area contributed by atoms with Crippen molar-refractivity contribution in [2.45, 2.75) is 0 Å². The molecule has 0 aromatic carbocycles. The summed E-state index contributed by atoms with van der Waals surface area (Å²) < 4.78 is 0. The van der Waals surface area contributed by atoms with Gasteiger partial charge in [0.15, 0.2) is 0 Å². The van der Waals surface area contributed by atoms with Crippen LogP contribution in [-0.4, -0.2) is 26.2 Å². The third kappa shape index (κ3) is 17.7. The van der Waals surface area contributed by atoms with Gasteiger partial charge in [-0.3, -0.25) is 0 Å². The fourth-order valence-electron chi connectivity index (χ4n) is 0.282. The van der Waals surface area contributed by atoms with Crippen LogP contribution in [0.1, 0.15) is 0 Å². The first-order valence-electron chi connectivity index (χ1n) is 2.51. The summed E-state index contributed by atoms with van der Waals surface area (Å²) >= 11 is 1.61. The van der Waals surface area contributed by atoms with Gasteiger partial charge in [-0.15, -0.1) is 6.54 Å². The summed E-state index contributed by atoms with van der Waals surface area (Å²) in [6.45, 7) is 2.34. The molecule has 0 aliphatic heterocycles. The first-order valence-corrected chi connectivity index (χ1v) is 5.33. The molecule has 3 N–H and O–H groups in total. The second-order valence-electron chi connectivity index (χ2n) is 1.21. The van der Waals surface area contributed by atoms with E-state index >= 15 is 0 Å². The van der Waals surface area contributed by atoms with Crippen molar-refractivity contribution in [2.24, 2.45) is 5.73 Å². The van der Waals surface area contributed by atoms with E-state index in [1.165, 1.54) is 0 Å². The Bertz CT molecular complexity index is 35.0. The molecule has 61 valence electrons. The number of nitrogens with zero attached hydrogens (tertiary/aromatic N) is 1. The molecule has 0 fully saturated rings. The molecule has 3 nitrogen and oxygen atoms in total. The van der Waals surface area contributed by atoms with E-state index in [9.17, 15) is 0 Å². The second kappa shape index (κ2) is 15.9. The number of hydrogen-bond acceptors (Lipinski definition) is 1. The zero-order chi connectivity index (χ0) is 7.54. The molecule has 0 bridgehead atoms. The molecule has 0 aromatic heterocycles. The Morgan fingerprint density at radius 2 is 2.00 bits per heavy atom. The molecule has 0 saturated heterocycles. The van der Waals surface area contributed by atoms with Gasteiger partial charge in [0.2, 0.25) is 0 Å². The van der Waals surface area contributed by atoms with Gasteiger partial charge in [-0.05, 0) is 6.54 Å². The van der Waals surface area contributed by atoms with Crippen molar-refractivity contribution in [1.82, 2.24) is 0 Å². The predicted molar refractivity (Wildman–Crippen MR) is 37.2 cm³/mol. The molecule has 0 amide bonds. The molecule has 0 saturated carbocycles. The van der Waals surface area contributed by atoms with Crippen molar-refractivity contribution in [3.63, 3.8) is 0 Å². The summed E-state index contributed by atoms with van der Waals surface area (Å²) in [5.74, 6) is 0. The standard InChI is InChI=1S/C4H11N3.ClH.Pt/c5-1-3-7-4-2-6;;/h5H,1-4,6H2;1H;/q-2;;+1/p-1. The fourth-order valence-corrected chi connectivity index (χ4v) is 0.282. The van der Waals surface area contributed by atoms with Gasteiger partial charge in [0.05, 0.1) is 0 Å². The van der Waals surface area contributed by atoms with Crippen molar-refractivity contribution >= 4 is 9.42 Å². The van der Waals surface area contributed by atoms with Crippen LogP contribution in [0.3, 0.4) is 0 Å². The van der Waals surface area contributed by atoms with Gasteiger partial charge >= 0.3 is 28.2 Å². The summed E-state index contributed by atoms with van der Waals surface area (Å²) in [4.78, 5) is 0. The third-order valence-corrected chi connectivity index (χ3v) is 0.557. The fraction of sp³-hybridized carbons (Fsp3) is 1.00. The summed E-state index contributed by atoms with van der Waals surface area (Å²) in [5.41, 5.74) is 11.8. The van der Waals surface area contributed by atoms with Gasteiger partial charge in [0, 0.05) is 0 Å². The van der Waals surface area contributed by atoms with E-state index in [0.717, 1.165) is 0 Å². The van der Waals surface area contributed by atoms with E-state index in [0.29, 0.717) is 26.2 Å². The second-order valence-corrected chi connectivity index (χ2v) is 1.21. The van der Waals surface area contributed by atoms with Gasteiger partial charge in [-0.1, -0.05) is 0 Å². The minimum absolute atomic E-state index is 0.389. The molecule has 5 heteroatoms. The number of hydrogen-bond donors (Lipinski definition) is 1.